The second kappa shape index (κ2) is 4.14. The SMILES string of the molecule is O=C(O)c1noc2c1CC(CC1CCC1)OC2. The number of ether oxygens (including phenoxy) is 1. The Labute approximate surface area is 98.7 Å². The highest BCUT2D eigenvalue weighted by Gasteiger charge is 2.31. The maximum absolute atomic E-state index is 11.0. The number of carboxylic acids is 1. The molecule has 1 atom stereocenters. The average molecular weight is 237 g/mol. The van der Waals surface area contributed by atoms with Crippen LogP contribution in [0.5, 0.6) is 0 Å². The lowest BCUT2D eigenvalue weighted by atomic mass is 9.80. The molecule has 0 saturated heterocycles. The topological polar surface area (TPSA) is 72.6 Å². The zero-order chi connectivity index (χ0) is 11.8. The molecule has 92 valence electrons. The molecule has 1 unspecified atom stereocenters. The van der Waals surface area contributed by atoms with Crippen LogP contribution < -0.4 is 0 Å². The Balaban J connectivity index is 1.73. The van der Waals surface area contributed by atoms with Crippen LogP contribution >= 0.6 is 0 Å². The molecule has 5 heteroatoms. The van der Waals surface area contributed by atoms with Crippen molar-refractivity contribution in [3.05, 3.63) is 17.0 Å². The Hall–Kier alpha value is -1.36. The van der Waals surface area contributed by atoms with Gasteiger partial charge in [0.25, 0.3) is 0 Å². The first-order valence-corrected chi connectivity index (χ1v) is 6.06. The van der Waals surface area contributed by atoms with Gasteiger partial charge in [0.1, 0.15) is 6.61 Å². The summed E-state index contributed by atoms with van der Waals surface area (Å²) in [6.45, 7) is 0.354. The number of nitrogens with zero attached hydrogens (tertiary/aromatic N) is 1. The third kappa shape index (κ3) is 1.95. The van der Waals surface area contributed by atoms with Gasteiger partial charge in [-0.15, -0.1) is 0 Å². The summed E-state index contributed by atoms with van der Waals surface area (Å²) < 4.78 is 10.7. The van der Waals surface area contributed by atoms with E-state index >= 15 is 0 Å². The summed E-state index contributed by atoms with van der Waals surface area (Å²) in [5, 5.41) is 12.6. The van der Waals surface area contributed by atoms with Crippen LogP contribution in [-0.2, 0) is 17.8 Å². The molecular formula is C12H15NO4. The summed E-state index contributed by atoms with van der Waals surface area (Å²) in [4.78, 5) is 11.0. The standard InChI is InChI=1S/C12H15NO4/c14-12(15)11-9-5-8(4-7-2-1-3-7)16-6-10(9)17-13-11/h7-8H,1-6H2,(H,14,15). The van der Waals surface area contributed by atoms with Crippen molar-refractivity contribution in [2.45, 2.75) is 44.8 Å². The van der Waals surface area contributed by atoms with Crippen LogP contribution in [0.15, 0.2) is 4.52 Å². The number of aromatic nitrogens is 1. The quantitative estimate of drug-likeness (QED) is 0.870. The van der Waals surface area contributed by atoms with E-state index in [2.05, 4.69) is 5.16 Å². The van der Waals surface area contributed by atoms with E-state index in [0.29, 0.717) is 18.8 Å². The minimum Gasteiger partial charge on any atom is -0.476 e. The summed E-state index contributed by atoms with van der Waals surface area (Å²) in [5.41, 5.74) is 0.787. The molecular weight excluding hydrogens is 222 g/mol. The number of aromatic carboxylic acids is 1. The maximum atomic E-state index is 11.0. The largest absolute Gasteiger partial charge is 0.476 e. The Morgan fingerprint density at radius 3 is 2.94 bits per heavy atom. The normalized spacial score (nSPS) is 24.1. The molecule has 1 aromatic rings. The molecule has 1 aliphatic heterocycles. The molecule has 0 spiro atoms. The van der Waals surface area contributed by atoms with Crippen molar-refractivity contribution in [1.29, 1.82) is 0 Å². The highest BCUT2D eigenvalue weighted by atomic mass is 16.5. The summed E-state index contributed by atoms with van der Waals surface area (Å²) in [7, 11) is 0. The lowest BCUT2D eigenvalue weighted by Crippen LogP contribution is -2.27. The van der Waals surface area contributed by atoms with Gasteiger partial charge < -0.3 is 14.4 Å². The number of hydrogen-bond acceptors (Lipinski definition) is 4. The van der Waals surface area contributed by atoms with E-state index in [-0.39, 0.29) is 11.8 Å². The van der Waals surface area contributed by atoms with Crippen molar-refractivity contribution in [3.8, 4) is 0 Å². The fourth-order valence-corrected chi connectivity index (χ4v) is 2.57. The lowest BCUT2D eigenvalue weighted by Gasteiger charge is -2.31. The number of carbonyl (C=O) groups is 1. The highest BCUT2D eigenvalue weighted by molar-refractivity contribution is 5.87. The zero-order valence-corrected chi connectivity index (χ0v) is 9.52. The van der Waals surface area contributed by atoms with E-state index in [4.69, 9.17) is 14.4 Å². The molecule has 0 amide bonds. The zero-order valence-electron chi connectivity index (χ0n) is 9.52. The molecule has 3 rings (SSSR count). The van der Waals surface area contributed by atoms with Crippen molar-refractivity contribution in [1.82, 2.24) is 5.16 Å². The molecule has 0 bridgehead atoms. The number of rotatable bonds is 3. The Kier molecular flexibility index (Phi) is 2.63. The fraction of sp³-hybridized carbons (Fsp3) is 0.667. The third-order valence-corrected chi connectivity index (χ3v) is 3.78. The first-order chi connectivity index (χ1) is 8.24. The third-order valence-electron chi connectivity index (χ3n) is 3.78. The van der Waals surface area contributed by atoms with Crippen molar-refractivity contribution in [2.75, 3.05) is 0 Å². The Bertz CT molecular complexity index is 436. The van der Waals surface area contributed by atoms with Gasteiger partial charge in [-0.25, -0.2) is 4.79 Å². The van der Waals surface area contributed by atoms with Gasteiger partial charge in [-0.05, 0) is 12.3 Å². The van der Waals surface area contributed by atoms with Crippen LogP contribution in [0.4, 0.5) is 0 Å². The Morgan fingerprint density at radius 1 is 1.47 bits per heavy atom. The predicted molar refractivity (Wildman–Crippen MR) is 57.7 cm³/mol. The van der Waals surface area contributed by atoms with Crippen molar-refractivity contribution in [2.24, 2.45) is 5.92 Å². The van der Waals surface area contributed by atoms with Gasteiger partial charge in [0.2, 0.25) is 0 Å². The second-order valence-electron chi connectivity index (χ2n) is 4.91. The molecule has 0 radical (unpaired) electrons. The maximum Gasteiger partial charge on any atom is 0.358 e. The van der Waals surface area contributed by atoms with Crippen LogP contribution in [0.25, 0.3) is 0 Å². The molecule has 0 aromatic carbocycles. The van der Waals surface area contributed by atoms with Gasteiger partial charge in [0.15, 0.2) is 11.5 Å². The molecule has 2 aliphatic rings. The minimum atomic E-state index is -1.01. The van der Waals surface area contributed by atoms with Gasteiger partial charge in [-0.1, -0.05) is 24.4 Å². The smallest absolute Gasteiger partial charge is 0.358 e. The lowest BCUT2D eigenvalue weighted by molar-refractivity contribution is -0.00618. The Morgan fingerprint density at radius 2 is 2.29 bits per heavy atom. The summed E-state index contributed by atoms with van der Waals surface area (Å²) in [6, 6.07) is 0. The summed E-state index contributed by atoms with van der Waals surface area (Å²) in [6.07, 6.45) is 5.66. The van der Waals surface area contributed by atoms with Gasteiger partial charge in [-0.3, -0.25) is 0 Å². The molecule has 5 nitrogen and oxygen atoms in total. The minimum absolute atomic E-state index is 0.0573. The van der Waals surface area contributed by atoms with Crippen LogP contribution in [0, 0.1) is 5.92 Å². The molecule has 2 heterocycles. The molecule has 1 aromatic heterocycles. The highest BCUT2D eigenvalue weighted by Crippen LogP contribution is 2.34. The van der Waals surface area contributed by atoms with E-state index in [9.17, 15) is 4.79 Å². The van der Waals surface area contributed by atoms with Crippen LogP contribution in [0.3, 0.4) is 0 Å². The fourth-order valence-electron chi connectivity index (χ4n) is 2.57. The number of carboxylic acid groups (broad SMARTS) is 1. The summed E-state index contributed by atoms with van der Waals surface area (Å²) >= 11 is 0. The van der Waals surface area contributed by atoms with Crippen LogP contribution in [-0.4, -0.2) is 22.3 Å². The molecule has 1 saturated carbocycles. The predicted octanol–water partition coefficient (Wildman–Crippen LogP) is 2.00. The van der Waals surface area contributed by atoms with E-state index in [1.807, 2.05) is 0 Å². The van der Waals surface area contributed by atoms with Gasteiger partial charge in [-0.2, -0.15) is 0 Å². The van der Waals surface area contributed by atoms with Crippen molar-refractivity contribution in [3.63, 3.8) is 0 Å². The molecule has 17 heavy (non-hydrogen) atoms. The van der Waals surface area contributed by atoms with E-state index < -0.39 is 5.97 Å². The first-order valence-electron chi connectivity index (χ1n) is 6.06. The van der Waals surface area contributed by atoms with Gasteiger partial charge in [0.05, 0.1) is 6.10 Å². The van der Waals surface area contributed by atoms with E-state index in [1.54, 1.807) is 0 Å². The van der Waals surface area contributed by atoms with Gasteiger partial charge in [0, 0.05) is 12.0 Å². The molecule has 1 fully saturated rings. The number of fused-ring (bicyclic) bond motifs is 1. The van der Waals surface area contributed by atoms with E-state index in [1.165, 1.54) is 19.3 Å². The van der Waals surface area contributed by atoms with Crippen molar-refractivity contribution < 1.29 is 19.2 Å². The monoisotopic (exact) mass is 237 g/mol. The average Bonchev–Trinajstić information content (AvgIpc) is 2.66. The molecule has 1 N–H and O–H groups in total. The van der Waals surface area contributed by atoms with E-state index in [0.717, 1.165) is 17.9 Å². The number of hydrogen-bond donors (Lipinski definition) is 1. The molecule has 1 aliphatic carbocycles. The first kappa shape index (κ1) is 10.8. The van der Waals surface area contributed by atoms with Crippen LogP contribution in [0.2, 0.25) is 0 Å². The van der Waals surface area contributed by atoms with Crippen LogP contribution in [0.1, 0.15) is 47.5 Å². The van der Waals surface area contributed by atoms with Crippen molar-refractivity contribution >= 4 is 5.97 Å². The second-order valence-corrected chi connectivity index (χ2v) is 4.91. The van der Waals surface area contributed by atoms with Gasteiger partial charge >= 0.3 is 5.97 Å². The summed E-state index contributed by atoms with van der Waals surface area (Å²) in [5.74, 6) is 0.321.